The molecule has 10 aromatic rings. The third-order valence-corrected chi connectivity index (χ3v) is 14.0. The molecule has 0 aliphatic heterocycles. The smallest absolute Gasteiger partial charge is 0.0713 e. The van der Waals surface area contributed by atoms with Gasteiger partial charge in [-0.1, -0.05) is 259 Å². The van der Waals surface area contributed by atoms with Gasteiger partial charge in [0.1, 0.15) is 0 Å². The van der Waals surface area contributed by atoms with Gasteiger partial charge < -0.3 is 5.73 Å². The summed E-state index contributed by atoms with van der Waals surface area (Å²) in [5, 5.41) is 0. The molecule has 12 rings (SSSR count). The van der Waals surface area contributed by atoms with Crippen LogP contribution in [0.2, 0.25) is 0 Å². The SMILES string of the molecule is Brc1cccc(C2(c3ccccc3)c3ccccc3-c3ccccc32)c1.C.Cc1cccc(Cc2cccc(C3(c4ccccc4)c4ccccc4-c4ccccc43)c2)c1.Cc1cccc(N)c1. The summed E-state index contributed by atoms with van der Waals surface area (Å²) >= 11 is 3.69. The zero-order valence-corrected chi connectivity index (χ0v) is 39.5. The second kappa shape index (κ2) is 19.8. The van der Waals surface area contributed by atoms with Crippen molar-refractivity contribution in [1.82, 2.24) is 0 Å². The minimum Gasteiger partial charge on any atom is -0.399 e. The summed E-state index contributed by atoms with van der Waals surface area (Å²) in [7, 11) is 0. The number of fused-ring (bicyclic) bond motifs is 6. The maximum absolute atomic E-state index is 5.46. The van der Waals surface area contributed by atoms with Crippen LogP contribution in [0, 0.1) is 13.8 Å². The normalized spacial score (nSPS) is 12.9. The first kappa shape index (κ1) is 45.6. The fourth-order valence-electron chi connectivity index (χ4n) is 10.8. The van der Waals surface area contributed by atoms with Crippen LogP contribution in [-0.4, -0.2) is 0 Å². The van der Waals surface area contributed by atoms with Gasteiger partial charge >= 0.3 is 0 Å². The van der Waals surface area contributed by atoms with Gasteiger partial charge in [0, 0.05) is 10.2 Å². The minimum absolute atomic E-state index is 0. The molecule has 0 spiro atoms. The number of hydrogen-bond acceptors (Lipinski definition) is 1. The van der Waals surface area contributed by atoms with E-state index in [0.717, 1.165) is 16.6 Å². The molecule has 10 aromatic carbocycles. The number of anilines is 1. The Kier molecular flexibility index (Phi) is 13.3. The summed E-state index contributed by atoms with van der Waals surface area (Å²) in [6.07, 6.45) is 0.934. The molecule has 0 atom stereocenters. The molecule has 0 saturated heterocycles. The van der Waals surface area contributed by atoms with Gasteiger partial charge in [0.2, 0.25) is 0 Å². The fraction of sp³-hybridized carbons (Fsp3) is 0.0909. The molecule has 0 aromatic heterocycles. The Bertz CT molecular complexity index is 3220. The Labute approximate surface area is 411 Å². The summed E-state index contributed by atoms with van der Waals surface area (Å²) in [6.45, 7) is 4.19. The largest absolute Gasteiger partial charge is 0.399 e. The van der Waals surface area contributed by atoms with E-state index in [-0.39, 0.29) is 18.3 Å². The van der Waals surface area contributed by atoms with Gasteiger partial charge in [0.15, 0.2) is 0 Å². The van der Waals surface area contributed by atoms with E-state index in [1.807, 2.05) is 31.2 Å². The molecule has 68 heavy (non-hydrogen) atoms. The molecule has 0 heterocycles. The van der Waals surface area contributed by atoms with Gasteiger partial charge in [0.25, 0.3) is 0 Å². The van der Waals surface area contributed by atoms with E-state index < -0.39 is 0 Å². The van der Waals surface area contributed by atoms with Crippen LogP contribution in [0.4, 0.5) is 5.69 Å². The molecule has 332 valence electrons. The third kappa shape index (κ3) is 8.31. The lowest BCUT2D eigenvalue weighted by Gasteiger charge is -2.34. The van der Waals surface area contributed by atoms with Crippen molar-refractivity contribution in [3.63, 3.8) is 0 Å². The predicted molar refractivity (Wildman–Crippen MR) is 291 cm³/mol. The Morgan fingerprint density at radius 2 is 0.691 bits per heavy atom. The highest BCUT2D eigenvalue weighted by molar-refractivity contribution is 9.10. The summed E-state index contributed by atoms with van der Waals surface area (Å²) in [5.41, 5.74) is 26.9. The van der Waals surface area contributed by atoms with Gasteiger partial charge in [-0.05, 0) is 128 Å². The molecule has 0 unspecified atom stereocenters. The molecule has 0 saturated carbocycles. The van der Waals surface area contributed by atoms with Crippen molar-refractivity contribution in [2.75, 3.05) is 5.73 Å². The second-order valence-corrected chi connectivity index (χ2v) is 18.6. The van der Waals surface area contributed by atoms with Crippen LogP contribution in [0.3, 0.4) is 0 Å². The zero-order chi connectivity index (χ0) is 45.8. The molecule has 2 N–H and O–H groups in total. The van der Waals surface area contributed by atoms with Crippen molar-refractivity contribution in [3.05, 3.63) is 326 Å². The first-order valence-electron chi connectivity index (χ1n) is 23.1. The number of nitrogen functional groups attached to an aromatic ring is 1. The molecule has 0 bridgehead atoms. The molecule has 2 heteroatoms. The first-order valence-corrected chi connectivity index (χ1v) is 23.9. The van der Waals surface area contributed by atoms with E-state index >= 15 is 0 Å². The van der Waals surface area contributed by atoms with E-state index in [1.54, 1.807) is 0 Å². The lowest BCUT2D eigenvalue weighted by Crippen LogP contribution is -2.28. The van der Waals surface area contributed by atoms with Crippen LogP contribution in [0.5, 0.6) is 0 Å². The summed E-state index contributed by atoms with van der Waals surface area (Å²) in [4.78, 5) is 0. The van der Waals surface area contributed by atoms with Crippen LogP contribution in [0.1, 0.15) is 74.2 Å². The lowest BCUT2D eigenvalue weighted by atomic mass is 9.67. The molecule has 0 radical (unpaired) electrons. The highest BCUT2D eigenvalue weighted by Gasteiger charge is 2.47. The number of nitrogens with two attached hydrogens (primary N) is 1. The molecular weight excluding hydrogens is 887 g/mol. The summed E-state index contributed by atoms with van der Waals surface area (Å²) in [5.74, 6) is 0. The highest BCUT2D eigenvalue weighted by Crippen LogP contribution is 2.57. The Hall–Kier alpha value is -7.52. The van der Waals surface area contributed by atoms with Crippen LogP contribution in [-0.2, 0) is 17.3 Å². The van der Waals surface area contributed by atoms with Gasteiger partial charge in [-0.15, -0.1) is 0 Å². The van der Waals surface area contributed by atoms with Gasteiger partial charge in [-0.3, -0.25) is 0 Å². The van der Waals surface area contributed by atoms with Crippen molar-refractivity contribution in [1.29, 1.82) is 0 Å². The van der Waals surface area contributed by atoms with Crippen LogP contribution in [0.25, 0.3) is 22.3 Å². The number of aryl methyl sites for hydroxylation is 2. The second-order valence-electron chi connectivity index (χ2n) is 17.7. The lowest BCUT2D eigenvalue weighted by molar-refractivity contribution is 0.766. The highest BCUT2D eigenvalue weighted by atomic mass is 79.9. The Morgan fingerprint density at radius 1 is 0.338 bits per heavy atom. The van der Waals surface area contributed by atoms with Crippen molar-refractivity contribution in [2.24, 2.45) is 0 Å². The third-order valence-electron chi connectivity index (χ3n) is 13.5. The van der Waals surface area contributed by atoms with Gasteiger partial charge in [-0.2, -0.15) is 0 Å². The average molecular weight is 943 g/mol. The van der Waals surface area contributed by atoms with Gasteiger partial charge in [0.05, 0.1) is 10.8 Å². The average Bonchev–Trinajstić information content (AvgIpc) is 3.84. The minimum atomic E-state index is -0.322. The number of hydrogen-bond donors (Lipinski definition) is 1. The van der Waals surface area contributed by atoms with Gasteiger partial charge in [-0.25, -0.2) is 0 Å². The predicted octanol–water partition coefficient (Wildman–Crippen LogP) is 17.0. The summed E-state index contributed by atoms with van der Waals surface area (Å²) < 4.78 is 1.10. The Morgan fingerprint density at radius 3 is 1.10 bits per heavy atom. The Balaban J connectivity index is 0.000000147. The van der Waals surface area contributed by atoms with E-state index in [9.17, 15) is 0 Å². The molecule has 0 amide bonds. The quantitative estimate of drug-likeness (QED) is 0.165. The van der Waals surface area contributed by atoms with E-state index in [0.29, 0.717) is 0 Å². The van der Waals surface area contributed by atoms with Crippen molar-refractivity contribution >= 4 is 21.6 Å². The first-order chi connectivity index (χ1) is 32.9. The summed E-state index contributed by atoms with van der Waals surface area (Å²) in [6, 6.07) is 91.9. The topological polar surface area (TPSA) is 26.0 Å². The molecule has 0 fully saturated rings. The number of rotatable bonds is 6. The zero-order valence-electron chi connectivity index (χ0n) is 37.9. The maximum atomic E-state index is 5.46. The van der Waals surface area contributed by atoms with Crippen LogP contribution in [0.15, 0.2) is 259 Å². The van der Waals surface area contributed by atoms with Crippen LogP contribution < -0.4 is 5.73 Å². The molecule has 2 aliphatic rings. The van der Waals surface area contributed by atoms with Crippen molar-refractivity contribution in [3.8, 4) is 22.3 Å². The molecule has 2 aliphatic carbocycles. The van der Waals surface area contributed by atoms with E-state index in [2.05, 4.69) is 253 Å². The number of benzene rings is 10. The van der Waals surface area contributed by atoms with Crippen LogP contribution >= 0.6 is 15.9 Å². The molecular formula is C66H56BrN. The van der Waals surface area contributed by atoms with Crippen molar-refractivity contribution < 1.29 is 0 Å². The van der Waals surface area contributed by atoms with E-state index in [1.165, 1.54) is 89.0 Å². The monoisotopic (exact) mass is 941 g/mol. The fourth-order valence-corrected chi connectivity index (χ4v) is 11.2. The van der Waals surface area contributed by atoms with E-state index in [4.69, 9.17) is 5.73 Å². The standard InChI is InChI=1S/C33H26.C25H17Br.C7H9N.CH4/c1-24-11-9-12-25(21-24)22-26-13-10-16-28(23-26)33(27-14-3-2-4-15-27)31-19-7-5-17-29(31)30-18-6-8-20-32(30)33;26-20-12-8-11-19(17-20)25(18-9-2-1-3-10-18)23-15-6-4-13-21(23)22-14-5-7-16-24(22)25;1-6-3-2-4-7(8)5-6;/h2-21,23H,22H2,1H3;1-17H;2-5H,8H2,1H3;1H4. The maximum Gasteiger partial charge on any atom is 0.0713 e. The number of halogens is 1. The molecule has 1 nitrogen and oxygen atoms in total. The van der Waals surface area contributed by atoms with Crippen molar-refractivity contribution in [2.45, 2.75) is 38.5 Å².